The SMILES string of the molecule is CC[C@H](C)[C@H](NC(=O)c1ccc(Cl)cc1)C(=O)N1CCN(c2ccc(OC)cc2)CC1. The van der Waals surface area contributed by atoms with Gasteiger partial charge in [0.15, 0.2) is 0 Å². The van der Waals surface area contributed by atoms with E-state index in [2.05, 4.69) is 10.2 Å². The summed E-state index contributed by atoms with van der Waals surface area (Å²) < 4.78 is 5.22. The van der Waals surface area contributed by atoms with Crippen LogP contribution in [0.1, 0.15) is 30.6 Å². The van der Waals surface area contributed by atoms with Crippen LogP contribution in [0.15, 0.2) is 48.5 Å². The number of benzene rings is 2. The molecule has 1 saturated heterocycles. The summed E-state index contributed by atoms with van der Waals surface area (Å²) in [7, 11) is 1.65. The number of nitrogens with zero attached hydrogens (tertiary/aromatic N) is 2. The van der Waals surface area contributed by atoms with Gasteiger partial charge in [-0.05, 0) is 54.4 Å². The van der Waals surface area contributed by atoms with Gasteiger partial charge in [-0.15, -0.1) is 0 Å². The Kier molecular flexibility index (Phi) is 7.80. The van der Waals surface area contributed by atoms with Crippen LogP contribution in [0.5, 0.6) is 5.75 Å². The molecule has 2 aromatic rings. The Morgan fingerprint density at radius 2 is 1.65 bits per heavy atom. The van der Waals surface area contributed by atoms with Gasteiger partial charge >= 0.3 is 0 Å². The number of halogens is 1. The Bertz CT molecular complexity index is 878. The number of carbonyl (C=O) groups is 2. The van der Waals surface area contributed by atoms with Crippen LogP contribution in [0.25, 0.3) is 0 Å². The van der Waals surface area contributed by atoms with E-state index in [0.29, 0.717) is 23.7 Å². The first-order chi connectivity index (χ1) is 14.9. The molecule has 2 aromatic carbocycles. The van der Waals surface area contributed by atoms with E-state index in [-0.39, 0.29) is 17.7 Å². The van der Waals surface area contributed by atoms with E-state index < -0.39 is 6.04 Å². The highest BCUT2D eigenvalue weighted by molar-refractivity contribution is 6.30. The zero-order valence-electron chi connectivity index (χ0n) is 18.3. The minimum absolute atomic E-state index is 0.0222. The maximum absolute atomic E-state index is 13.3. The second kappa shape index (κ2) is 10.5. The van der Waals surface area contributed by atoms with E-state index >= 15 is 0 Å². The van der Waals surface area contributed by atoms with Gasteiger partial charge in [0.1, 0.15) is 11.8 Å². The van der Waals surface area contributed by atoms with E-state index in [1.165, 1.54) is 0 Å². The first-order valence-electron chi connectivity index (χ1n) is 10.7. The van der Waals surface area contributed by atoms with Crippen LogP contribution in [0, 0.1) is 5.92 Å². The van der Waals surface area contributed by atoms with Gasteiger partial charge in [0, 0.05) is 42.5 Å². The largest absolute Gasteiger partial charge is 0.497 e. The van der Waals surface area contributed by atoms with Crippen LogP contribution in [0.3, 0.4) is 0 Å². The van der Waals surface area contributed by atoms with Crippen molar-refractivity contribution in [3.05, 3.63) is 59.1 Å². The summed E-state index contributed by atoms with van der Waals surface area (Å²) in [5.41, 5.74) is 1.61. The summed E-state index contributed by atoms with van der Waals surface area (Å²) in [5, 5.41) is 3.53. The highest BCUT2D eigenvalue weighted by Crippen LogP contribution is 2.21. The second-order valence-electron chi connectivity index (χ2n) is 7.85. The number of rotatable bonds is 7. The van der Waals surface area contributed by atoms with E-state index in [1.807, 2.05) is 43.0 Å². The van der Waals surface area contributed by atoms with Crippen molar-refractivity contribution >= 4 is 29.1 Å². The van der Waals surface area contributed by atoms with E-state index in [1.54, 1.807) is 31.4 Å². The maximum atomic E-state index is 13.3. The van der Waals surface area contributed by atoms with E-state index in [0.717, 1.165) is 30.9 Å². The van der Waals surface area contributed by atoms with Crippen molar-refractivity contribution in [1.29, 1.82) is 0 Å². The first kappa shape index (κ1) is 22.9. The molecule has 0 unspecified atom stereocenters. The molecule has 0 bridgehead atoms. The van der Waals surface area contributed by atoms with Crippen molar-refractivity contribution in [1.82, 2.24) is 10.2 Å². The predicted molar refractivity (Wildman–Crippen MR) is 124 cm³/mol. The minimum Gasteiger partial charge on any atom is -0.497 e. The Hall–Kier alpha value is -2.73. The lowest BCUT2D eigenvalue weighted by Crippen LogP contribution is -2.56. The third kappa shape index (κ3) is 5.70. The molecule has 0 aliphatic carbocycles. The van der Waals surface area contributed by atoms with Gasteiger partial charge in [0.25, 0.3) is 5.91 Å². The number of ether oxygens (including phenoxy) is 1. The van der Waals surface area contributed by atoms with Gasteiger partial charge < -0.3 is 19.9 Å². The van der Waals surface area contributed by atoms with Gasteiger partial charge in [-0.3, -0.25) is 9.59 Å². The van der Waals surface area contributed by atoms with Crippen molar-refractivity contribution < 1.29 is 14.3 Å². The standard InChI is InChI=1S/C24H30ClN3O3/c1-4-17(2)22(26-23(29)18-5-7-19(25)8-6-18)24(30)28-15-13-27(14-16-28)20-9-11-21(31-3)12-10-20/h5-12,17,22H,4,13-16H2,1-3H3,(H,26,29)/t17-,22-/m0/s1. The summed E-state index contributed by atoms with van der Waals surface area (Å²) in [6, 6.07) is 14.1. The Balaban J connectivity index is 1.63. The van der Waals surface area contributed by atoms with Crippen LogP contribution < -0.4 is 15.0 Å². The molecule has 3 rings (SSSR count). The number of hydrogen-bond acceptors (Lipinski definition) is 4. The quantitative estimate of drug-likeness (QED) is 0.706. The molecule has 1 aliphatic rings. The molecule has 1 fully saturated rings. The van der Waals surface area contributed by atoms with Gasteiger partial charge in [-0.25, -0.2) is 0 Å². The Morgan fingerprint density at radius 3 is 2.19 bits per heavy atom. The zero-order valence-corrected chi connectivity index (χ0v) is 19.1. The fourth-order valence-electron chi connectivity index (χ4n) is 3.68. The number of nitrogens with one attached hydrogen (secondary N) is 1. The van der Waals surface area contributed by atoms with Gasteiger partial charge in [0.2, 0.25) is 5.91 Å². The average molecular weight is 444 g/mol. The molecule has 166 valence electrons. The molecule has 0 saturated carbocycles. The van der Waals surface area contributed by atoms with Gasteiger partial charge in [-0.1, -0.05) is 31.9 Å². The summed E-state index contributed by atoms with van der Waals surface area (Å²) in [4.78, 5) is 30.1. The maximum Gasteiger partial charge on any atom is 0.251 e. The topological polar surface area (TPSA) is 61.9 Å². The molecule has 31 heavy (non-hydrogen) atoms. The molecule has 6 nitrogen and oxygen atoms in total. The summed E-state index contributed by atoms with van der Waals surface area (Å²) in [5.74, 6) is 0.576. The Morgan fingerprint density at radius 1 is 1.03 bits per heavy atom. The molecule has 1 aliphatic heterocycles. The fraction of sp³-hybridized carbons (Fsp3) is 0.417. The van der Waals surface area contributed by atoms with Crippen LogP contribution in [0.4, 0.5) is 5.69 Å². The lowest BCUT2D eigenvalue weighted by atomic mass is 9.97. The number of methoxy groups -OCH3 is 1. The Labute approximate surface area is 189 Å². The summed E-state index contributed by atoms with van der Waals surface area (Å²) in [6.45, 7) is 6.76. The van der Waals surface area contributed by atoms with E-state index in [4.69, 9.17) is 16.3 Å². The molecule has 0 radical (unpaired) electrons. The monoisotopic (exact) mass is 443 g/mol. The molecular weight excluding hydrogens is 414 g/mol. The normalized spacial score (nSPS) is 15.9. The minimum atomic E-state index is -0.555. The van der Waals surface area contributed by atoms with Crippen LogP contribution in [-0.2, 0) is 4.79 Å². The number of hydrogen-bond donors (Lipinski definition) is 1. The molecule has 1 heterocycles. The number of piperazine rings is 1. The molecule has 0 spiro atoms. The zero-order chi connectivity index (χ0) is 22.4. The van der Waals surface area contributed by atoms with Crippen molar-refractivity contribution in [2.24, 2.45) is 5.92 Å². The summed E-state index contributed by atoms with van der Waals surface area (Å²) in [6.07, 6.45) is 0.795. The molecule has 7 heteroatoms. The first-order valence-corrected chi connectivity index (χ1v) is 11.0. The van der Waals surface area contributed by atoms with Crippen LogP contribution in [0.2, 0.25) is 5.02 Å². The lowest BCUT2D eigenvalue weighted by Gasteiger charge is -2.38. The molecule has 1 N–H and O–H groups in total. The number of anilines is 1. The molecule has 0 aromatic heterocycles. The van der Waals surface area contributed by atoms with Gasteiger partial charge in [-0.2, -0.15) is 0 Å². The van der Waals surface area contributed by atoms with Crippen molar-refractivity contribution in [3.8, 4) is 5.75 Å². The molecular formula is C24H30ClN3O3. The summed E-state index contributed by atoms with van der Waals surface area (Å²) >= 11 is 5.92. The highest BCUT2D eigenvalue weighted by Gasteiger charge is 2.32. The lowest BCUT2D eigenvalue weighted by molar-refractivity contribution is -0.134. The third-order valence-electron chi connectivity index (χ3n) is 5.90. The van der Waals surface area contributed by atoms with Crippen molar-refractivity contribution in [2.45, 2.75) is 26.3 Å². The smallest absolute Gasteiger partial charge is 0.251 e. The highest BCUT2D eigenvalue weighted by atomic mass is 35.5. The van der Waals surface area contributed by atoms with Crippen LogP contribution >= 0.6 is 11.6 Å². The van der Waals surface area contributed by atoms with Crippen molar-refractivity contribution in [3.63, 3.8) is 0 Å². The molecule has 2 amide bonds. The fourth-order valence-corrected chi connectivity index (χ4v) is 3.81. The number of amides is 2. The molecule has 2 atom stereocenters. The van der Waals surface area contributed by atoms with Crippen LogP contribution in [-0.4, -0.2) is 56.0 Å². The third-order valence-corrected chi connectivity index (χ3v) is 6.15. The average Bonchev–Trinajstić information content (AvgIpc) is 2.82. The van der Waals surface area contributed by atoms with Crippen molar-refractivity contribution in [2.75, 3.05) is 38.2 Å². The van der Waals surface area contributed by atoms with E-state index in [9.17, 15) is 9.59 Å². The second-order valence-corrected chi connectivity index (χ2v) is 8.29. The predicted octanol–water partition coefficient (Wildman–Crippen LogP) is 3.84. The van der Waals surface area contributed by atoms with Gasteiger partial charge in [0.05, 0.1) is 7.11 Å². The number of carbonyl (C=O) groups excluding carboxylic acids is 2.